The summed E-state index contributed by atoms with van der Waals surface area (Å²) in [7, 11) is 0. The highest BCUT2D eigenvalue weighted by Gasteiger charge is 2.54. The van der Waals surface area contributed by atoms with Gasteiger partial charge in [-0.15, -0.1) is 0 Å². The van der Waals surface area contributed by atoms with Crippen molar-refractivity contribution >= 4 is 5.91 Å². The van der Waals surface area contributed by atoms with E-state index in [-0.39, 0.29) is 18.9 Å². The van der Waals surface area contributed by atoms with E-state index in [2.05, 4.69) is 31.3 Å². The van der Waals surface area contributed by atoms with Gasteiger partial charge in [-0.3, -0.25) is 4.79 Å². The van der Waals surface area contributed by atoms with E-state index in [0.717, 1.165) is 38.5 Å². The van der Waals surface area contributed by atoms with Gasteiger partial charge >= 0.3 is 0 Å². The number of amides is 1. The van der Waals surface area contributed by atoms with Crippen molar-refractivity contribution in [3.05, 3.63) is 24.3 Å². The number of aliphatic hydroxyl groups excluding tert-OH is 11. The summed E-state index contributed by atoms with van der Waals surface area (Å²) >= 11 is 0. The maximum atomic E-state index is 13.5. The van der Waals surface area contributed by atoms with E-state index >= 15 is 0 Å². The average Bonchev–Trinajstić information content (AvgIpc) is 0.774. The minimum absolute atomic E-state index is 0.242. The van der Waals surface area contributed by atoms with Crippen LogP contribution in [-0.4, -0.2) is 193 Å². The number of ether oxygens (including phenoxy) is 6. The zero-order valence-electron chi connectivity index (χ0n) is 73.1. The third-order valence-electron chi connectivity index (χ3n) is 24.5. The number of carbonyl (C=O) groups is 1. The molecule has 0 aliphatic carbocycles. The molecular formula is C95H181NO18. The minimum atomic E-state index is -1.98. The smallest absolute Gasteiger partial charge is 0.220 e. The number of unbranched alkanes of at least 4 members (excludes halogenated alkanes) is 63. The second kappa shape index (κ2) is 75.0. The fraction of sp³-hybridized carbons (Fsp3) is 0.947. The third kappa shape index (κ3) is 52.6. The lowest BCUT2D eigenvalue weighted by atomic mass is 9.96. The van der Waals surface area contributed by atoms with Gasteiger partial charge in [-0.25, -0.2) is 0 Å². The molecule has 114 heavy (non-hydrogen) atoms. The Hall–Kier alpha value is -1.73. The van der Waals surface area contributed by atoms with Gasteiger partial charge in [0.1, 0.15) is 73.2 Å². The van der Waals surface area contributed by atoms with Gasteiger partial charge in [0.25, 0.3) is 0 Å². The van der Waals surface area contributed by atoms with Crippen molar-refractivity contribution in [3.63, 3.8) is 0 Å². The van der Waals surface area contributed by atoms with Gasteiger partial charge in [0.2, 0.25) is 5.91 Å². The Bertz CT molecular complexity index is 2140. The van der Waals surface area contributed by atoms with E-state index in [1.807, 2.05) is 6.08 Å². The standard InChI is InChI=1S/C95H181NO18/c1-3-5-7-9-11-13-15-17-19-21-23-25-27-29-31-33-34-35-36-37-38-39-40-41-42-43-45-47-49-51-53-55-57-59-61-63-65-67-69-71-73-83(101)96-78(79(100)72-70-68-66-64-62-60-58-56-54-52-50-48-46-44-32-30-28-26-24-22-20-18-16-14-12-10-8-6-4-2)77-109-93-89(107)86(104)91(81(75-98)111-93)114-95-90(108)87(105)92(82(76-99)112-95)113-94-88(106)85(103)84(102)80(74-97)110-94/h62,64,70,72,78-82,84-95,97-100,102-108H,3-61,63,65-69,71,73-77H2,1-2H3,(H,96,101)/b64-62+,72-70+. The molecule has 674 valence electrons. The Morgan fingerprint density at radius 1 is 0.307 bits per heavy atom. The molecule has 17 unspecified atom stereocenters. The number of rotatable bonds is 81. The first-order chi connectivity index (χ1) is 55.8. The zero-order valence-corrected chi connectivity index (χ0v) is 73.1. The van der Waals surface area contributed by atoms with Crippen LogP contribution in [0.5, 0.6) is 0 Å². The molecule has 3 saturated heterocycles. The molecule has 17 atom stereocenters. The first-order valence-electron chi connectivity index (χ1n) is 48.6. The van der Waals surface area contributed by atoms with E-state index in [4.69, 9.17) is 28.4 Å². The minimum Gasteiger partial charge on any atom is -0.394 e. The van der Waals surface area contributed by atoms with Gasteiger partial charge < -0.3 is 89.9 Å². The summed E-state index contributed by atoms with van der Waals surface area (Å²) in [4.78, 5) is 13.5. The SMILES string of the molecule is CCCCCCCCCCCCCCCCCCCCCCCCC/C=C/CC/C=C/C(O)C(COC1OC(CO)C(OC2OC(CO)C(OC3OC(CO)C(O)C(O)C3O)C(O)C2O)C(O)C1O)NC(=O)CCCCCCCCCCCCCCCCCCCCCCCCCCCCCCCCCCCCCCCCCC. The Morgan fingerprint density at radius 2 is 0.561 bits per heavy atom. The average molecular weight is 1630 g/mol. The highest BCUT2D eigenvalue weighted by Crippen LogP contribution is 2.34. The number of aliphatic hydroxyl groups is 11. The van der Waals surface area contributed by atoms with Crippen molar-refractivity contribution < 1.29 is 89.4 Å². The third-order valence-corrected chi connectivity index (χ3v) is 24.5. The van der Waals surface area contributed by atoms with Crippen LogP contribution in [0.25, 0.3) is 0 Å². The predicted molar refractivity (Wildman–Crippen MR) is 462 cm³/mol. The van der Waals surface area contributed by atoms with Crippen LogP contribution in [0.15, 0.2) is 24.3 Å². The topological polar surface area (TPSA) is 307 Å². The van der Waals surface area contributed by atoms with E-state index in [1.54, 1.807) is 6.08 Å². The highest BCUT2D eigenvalue weighted by atomic mass is 16.8. The molecule has 0 aromatic carbocycles. The Kier molecular flexibility index (Phi) is 70.1. The monoisotopic (exact) mass is 1620 g/mol. The molecule has 3 rings (SSSR count). The molecule has 0 radical (unpaired) electrons. The summed E-state index contributed by atoms with van der Waals surface area (Å²) < 4.78 is 34.5. The summed E-state index contributed by atoms with van der Waals surface area (Å²) in [6.45, 7) is 1.80. The van der Waals surface area contributed by atoms with E-state index in [9.17, 15) is 61.0 Å². The quantitative estimate of drug-likeness (QED) is 0.0199. The molecule has 12 N–H and O–H groups in total. The Labute approximate surface area is 696 Å². The Balaban J connectivity index is 1.29. The number of nitrogens with one attached hydrogen (secondary N) is 1. The van der Waals surface area contributed by atoms with Gasteiger partial charge in [0.15, 0.2) is 18.9 Å². The van der Waals surface area contributed by atoms with Crippen molar-refractivity contribution in [2.45, 2.75) is 548 Å². The zero-order chi connectivity index (χ0) is 82.4. The molecule has 0 aromatic heterocycles. The molecule has 3 aliphatic heterocycles. The molecule has 1 amide bonds. The predicted octanol–water partition coefficient (Wildman–Crippen LogP) is 19.6. The fourth-order valence-electron chi connectivity index (χ4n) is 16.8. The van der Waals surface area contributed by atoms with E-state index in [0.29, 0.717) is 12.8 Å². The fourth-order valence-corrected chi connectivity index (χ4v) is 16.8. The molecule has 3 fully saturated rings. The van der Waals surface area contributed by atoms with E-state index < -0.39 is 124 Å². The second-order valence-electron chi connectivity index (χ2n) is 34.9. The molecule has 3 aliphatic rings. The summed E-state index contributed by atoms with van der Waals surface area (Å²) in [5.41, 5.74) is 0. The van der Waals surface area contributed by atoms with Crippen LogP contribution in [0.1, 0.15) is 444 Å². The molecule has 0 saturated carbocycles. The lowest BCUT2D eigenvalue weighted by molar-refractivity contribution is -0.379. The molecule has 19 nitrogen and oxygen atoms in total. The summed E-state index contributed by atoms with van der Waals surface area (Å²) in [6, 6.07) is -0.990. The van der Waals surface area contributed by atoms with Gasteiger partial charge in [-0.05, 0) is 32.1 Å². The largest absolute Gasteiger partial charge is 0.394 e. The van der Waals surface area contributed by atoms with Crippen LogP contribution in [0.4, 0.5) is 0 Å². The van der Waals surface area contributed by atoms with Gasteiger partial charge in [0, 0.05) is 6.42 Å². The van der Waals surface area contributed by atoms with Crippen molar-refractivity contribution in [2.75, 3.05) is 26.4 Å². The number of allylic oxidation sites excluding steroid dienone is 3. The van der Waals surface area contributed by atoms with Gasteiger partial charge in [0.05, 0.1) is 38.6 Å². The van der Waals surface area contributed by atoms with Crippen molar-refractivity contribution in [1.82, 2.24) is 5.32 Å². The molecule has 0 spiro atoms. The van der Waals surface area contributed by atoms with Gasteiger partial charge in [-0.2, -0.15) is 0 Å². The normalized spacial score (nSPS) is 24.7. The number of hydrogen-bond donors (Lipinski definition) is 12. The van der Waals surface area contributed by atoms with Crippen LogP contribution in [0.2, 0.25) is 0 Å². The number of carbonyl (C=O) groups excluding carboxylic acids is 1. The molecule has 19 heteroatoms. The summed E-state index contributed by atoms with van der Waals surface area (Å²) in [5.74, 6) is -0.275. The maximum Gasteiger partial charge on any atom is 0.220 e. The first kappa shape index (κ1) is 106. The van der Waals surface area contributed by atoms with Crippen LogP contribution < -0.4 is 5.32 Å². The Morgan fingerprint density at radius 3 is 0.877 bits per heavy atom. The maximum absolute atomic E-state index is 13.5. The lowest BCUT2D eigenvalue weighted by Gasteiger charge is -2.48. The van der Waals surface area contributed by atoms with Crippen molar-refractivity contribution in [2.24, 2.45) is 0 Å². The van der Waals surface area contributed by atoms with Crippen molar-refractivity contribution in [1.29, 1.82) is 0 Å². The van der Waals surface area contributed by atoms with E-state index in [1.165, 1.54) is 372 Å². The summed E-state index contributed by atoms with van der Waals surface area (Å²) in [5, 5.41) is 121. The number of hydrogen-bond acceptors (Lipinski definition) is 18. The second-order valence-corrected chi connectivity index (χ2v) is 34.9. The van der Waals surface area contributed by atoms with Crippen LogP contribution in [0, 0.1) is 0 Å². The van der Waals surface area contributed by atoms with Crippen molar-refractivity contribution in [3.8, 4) is 0 Å². The lowest BCUT2D eigenvalue weighted by Crippen LogP contribution is -2.66. The summed E-state index contributed by atoms with van der Waals surface area (Å²) in [6.07, 6.45) is 69.5. The van der Waals surface area contributed by atoms with Crippen LogP contribution in [0.3, 0.4) is 0 Å². The first-order valence-corrected chi connectivity index (χ1v) is 48.6. The van der Waals surface area contributed by atoms with Crippen LogP contribution in [-0.2, 0) is 33.2 Å². The molecule has 3 heterocycles. The molecule has 0 bridgehead atoms. The molecule has 0 aromatic rings. The van der Waals surface area contributed by atoms with Gasteiger partial charge in [-0.1, -0.05) is 430 Å². The highest BCUT2D eigenvalue weighted by molar-refractivity contribution is 5.76. The molecular weight excluding hydrogens is 1440 g/mol. The van der Waals surface area contributed by atoms with Crippen LogP contribution >= 0.6 is 0 Å².